The maximum atomic E-state index is 12.4. The van der Waals surface area contributed by atoms with Gasteiger partial charge in [0.2, 0.25) is 0 Å². The van der Waals surface area contributed by atoms with E-state index in [1.807, 2.05) is 13.8 Å². The van der Waals surface area contributed by atoms with Crippen molar-refractivity contribution >= 4 is 6.71 Å². The van der Waals surface area contributed by atoms with E-state index < -0.39 is 11.7 Å². The van der Waals surface area contributed by atoms with Crippen LogP contribution in [0.5, 0.6) is 0 Å². The highest BCUT2D eigenvalue weighted by Gasteiger charge is 2.30. The van der Waals surface area contributed by atoms with Gasteiger partial charge in [-0.1, -0.05) is 32.3 Å². The number of hydrogen-bond donors (Lipinski definition) is 0. The van der Waals surface area contributed by atoms with Gasteiger partial charge in [-0.2, -0.15) is 13.2 Å². The van der Waals surface area contributed by atoms with Crippen LogP contribution in [0.25, 0.3) is 0 Å². The average Bonchev–Trinajstić information content (AvgIpc) is 2.95. The molecule has 2 rings (SSSR count). The van der Waals surface area contributed by atoms with Crippen molar-refractivity contribution in [2.24, 2.45) is 0 Å². The summed E-state index contributed by atoms with van der Waals surface area (Å²) in [6.45, 7) is 4.35. The first-order valence-corrected chi connectivity index (χ1v) is 7.16. The lowest BCUT2D eigenvalue weighted by Crippen LogP contribution is -2.11. The van der Waals surface area contributed by atoms with E-state index in [2.05, 4.69) is 5.97 Å². The molecule has 0 spiro atoms. The van der Waals surface area contributed by atoms with Crippen LogP contribution in [0.2, 0.25) is 12.6 Å². The summed E-state index contributed by atoms with van der Waals surface area (Å²) in [5.74, 6) is 2.21. The summed E-state index contributed by atoms with van der Waals surface area (Å²) >= 11 is 0. The monoisotopic (exact) mass is 297 g/mol. The summed E-state index contributed by atoms with van der Waals surface area (Å²) in [6.07, 6.45) is -1.85. The summed E-state index contributed by atoms with van der Waals surface area (Å²) < 4.78 is 42.7. The van der Waals surface area contributed by atoms with E-state index in [0.717, 1.165) is 31.2 Å². The second-order valence-corrected chi connectivity index (χ2v) is 4.77. The molecular weight excluding hydrogens is 278 g/mol. The summed E-state index contributed by atoms with van der Waals surface area (Å²) in [7, 11) is 0. The Kier molecular flexibility index (Phi) is 6.77. The van der Waals surface area contributed by atoms with Gasteiger partial charge < -0.3 is 4.74 Å². The molecule has 21 heavy (non-hydrogen) atoms. The van der Waals surface area contributed by atoms with Crippen LogP contribution < -0.4 is 0 Å². The molecule has 0 aliphatic carbocycles. The van der Waals surface area contributed by atoms with Crippen molar-refractivity contribution in [3.05, 3.63) is 35.4 Å². The van der Waals surface area contributed by atoms with Gasteiger partial charge in [-0.15, -0.1) is 0 Å². The Morgan fingerprint density at radius 3 is 2.38 bits per heavy atom. The molecule has 114 valence electrons. The molecule has 0 radical (unpaired) electrons. The zero-order chi connectivity index (χ0) is 15.9. The minimum atomic E-state index is -4.30. The third-order valence-electron chi connectivity index (χ3n) is 3.33. The van der Waals surface area contributed by atoms with Crippen LogP contribution in [0.15, 0.2) is 24.3 Å². The van der Waals surface area contributed by atoms with Crippen LogP contribution in [0.4, 0.5) is 13.2 Å². The van der Waals surface area contributed by atoms with E-state index in [-0.39, 0.29) is 12.8 Å². The Hall–Kier alpha value is -1.48. The zero-order valence-electron chi connectivity index (χ0n) is 12.3. The average molecular weight is 297 g/mol. The number of nitrogens with zero attached hydrogens (tertiary/aromatic N) is 1. The van der Waals surface area contributed by atoms with Gasteiger partial charge in [0, 0.05) is 5.97 Å². The van der Waals surface area contributed by atoms with Gasteiger partial charge in [0.05, 0.1) is 18.3 Å². The maximum absolute atomic E-state index is 12.4. The van der Waals surface area contributed by atoms with Crippen molar-refractivity contribution in [1.29, 1.82) is 5.26 Å². The van der Waals surface area contributed by atoms with E-state index >= 15 is 0 Å². The van der Waals surface area contributed by atoms with Gasteiger partial charge in [-0.3, -0.25) is 0 Å². The molecule has 0 saturated carbocycles. The molecule has 0 N–H and O–H groups in total. The normalized spacial score (nSPS) is 17.9. The van der Waals surface area contributed by atoms with Gasteiger partial charge in [-0.05, 0) is 30.4 Å². The number of alkyl halides is 3. The van der Waals surface area contributed by atoms with Crippen molar-refractivity contribution in [2.75, 3.05) is 0 Å². The number of hydrogen-bond acceptors (Lipinski definition) is 2. The van der Waals surface area contributed by atoms with Gasteiger partial charge >= 0.3 is 6.18 Å². The lowest BCUT2D eigenvalue weighted by molar-refractivity contribution is -0.137. The number of halogens is 3. The van der Waals surface area contributed by atoms with E-state index in [9.17, 15) is 13.2 Å². The van der Waals surface area contributed by atoms with Gasteiger partial charge in [0.25, 0.3) is 6.71 Å². The van der Waals surface area contributed by atoms with Crippen molar-refractivity contribution in [1.82, 2.24) is 0 Å². The van der Waals surface area contributed by atoms with Crippen LogP contribution >= 0.6 is 0 Å². The molecule has 0 bridgehead atoms. The number of rotatable bonds is 3. The smallest absolute Gasteiger partial charge is 0.374 e. The minimum Gasteiger partial charge on any atom is -0.374 e. The predicted octanol–water partition coefficient (Wildman–Crippen LogP) is 4.58. The minimum absolute atomic E-state index is 0.0481. The summed E-state index contributed by atoms with van der Waals surface area (Å²) in [6, 6.07) is 4.98. The molecule has 1 aromatic rings. The Morgan fingerprint density at radius 1 is 1.29 bits per heavy atom. The first-order chi connectivity index (χ1) is 9.99. The fraction of sp³-hybridized carbons (Fsp3) is 0.533. The molecular formula is C15H19BF3NO. The fourth-order valence-electron chi connectivity index (χ4n) is 2.21. The molecule has 1 aliphatic heterocycles. The standard InChI is InChI=1S/C13H13BF3NO.C2H6/c15-13(16,17)11-3-1-10(2-4-11)8-19-12-5-6-14(7-12)9-18;1-2/h1-4,12H,5-8H2;1-2H3. The van der Waals surface area contributed by atoms with Crippen LogP contribution in [-0.4, -0.2) is 12.8 Å². The zero-order valence-corrected chi connectivity index (χ0v) is 12.3. The highest BCUT2D eigenvalue weighted by molar-refractivity contribution is 6.67. The molecule has 1 saturated heterocycles. The Bertz CT molecular complexity index is 467. The molecule has 6 heteroatoms. The second kappa shape index (κ2) is 8.09. The summed E-state index contributed by atoms with van der Waals surface area (Å²) in [4.78, 5) is 0. The molecule has 1 atom stereocenters. The second-order valence-electron chi connectivity index (χ2n) is 4.77. The Morgan fingerprint density at radius 2 is 1.90 bits per heavy atom. The first-order valence-electron chi connectivity index (χ1n) is 7.16. The third-order valence-corrected chi connectivity index (χ3v) is 3.33. The number of nitriles is 1. The SMILES string of the molecule is CC.N#CB1CCC(OCc2ccc(C(F)(F)F)cc2)C1. The van der Waals surface area contributed by atoms with Crippen LogP contribution in [-0.2, 0) is 17.5 Å². The van der Waals surface area contributed by atoms with Crippen molar-refractivity contribution in [3.63, 3.8) is 0 Å². The number of benzene rings is 1. The van der Waals surface area contributed by atoms with E-state index in [1.54, 1.807) is 0 Å². The van der Waals surface area contributed by atoms with Crippen molar-refractivity contribution in [2.45, 2.75) is 51.8 Å². The van der Waals surface area contributed by atoms with Crippen molar-refractivity contribution < 1.29 is 17.9 Å². The largest absolute Gasteiger partial charge is 0.416 e. The lowest BCUT2D eigenvalue weighted by atomic mass is 9.50. The van der Waals surface area contributed by atoms with Gasteiger partial charge in [0.15, 0.2) is 0 Å². The summed E-state index contributed by atoms with van der Waals surface area (Å²) in [5, 5.41) is 8.76. The third kappa shape index (κ3) is 5.43. The van der Waals surface area contributed by atoms with Crippen LogP contribution in [0.1, 0.15) is 31.4 Å². The van der Waals surface area contributed by atoms with Gasteiger partial charge in [-0.25, -0.2) is 5.26 Å². The van der Waals surface area contributed by atoms with E-state index in [4.69, 9.17) is 10.00 Å². The quantitative estimate of drug-likeness (QED) is 0.765. The van der Waals surface area contributed by atoms with Crippen molar-refractivity contribution in [3.8, 4) is 5.97 Å². The van der Waals surface area contributed by atoms with Crippen LogP contribution in [0.3, 0.4) is 0 Å². The predicted molar refractivity (Wildman–Crippen MR) is 77.0 cm³/mol. The molecule has 0 amide bonds. The highest BCUT2D eigenvalue weighted by atomic mass is 19.4. The van der Waals surface area contributed by atoms with Crippen LogP contribution in [0, 0.1) is 11.2 Å². The molecule has 2 nitrogen and oxygen atoms in total. The molecule has 0 aromatic heterocycles. The van der Waals surface area contributed by atoms with E-state index in [0.29, 0.717) is 12.2 Å². The van der Waals surface area contributed by atoms with Gasteiger partial charge in [0.1, 0.15) is 0 Å². The first kappa shape index (κ1) is 17.6. The maximum Gasteiger partial charge on any atom is 0.416 e. The topological polar surface area (TPSA) is 33.0 Å². The highest BCUT2D eigenvalue weighted by Crippen LogP contribution is 2.29. The summed E-state index contributed by atoms with van der Waals surface area (Å²) in [5.41, 5.74) is 0.0649. The molecule has 1 unspecified atom stereocenters. The Labute approximate surface area is 124 Å². The Balaban J connectivity index is 0.00000106. The molecule has 1 aromatic carbocycles. The lowest BCUT2D eigenvalue weighted by Gasteiger charge is -2.12. The molecule has 1 fully saturated rings. The number of ether oxygens (including phenoxy) is 1. The molecule has 1 heterocycles. The van der Waals surface area contributed by atoms with E-state index in [1.165, 1.54) is 12.1 Å². The molecule has 1 aliphatic rings. The fourth-order valence-corrected chi connectivity index (χ4v) is 2.21.